The summed E-state index contributed by atoms with van der Waals surface area (Å²) >= 11 is 0. The number of carboxylic acid groups (broad SMARTS) is 1. The number of likely N-dealkylation sites (tertiary alicyclic amines) is 1. The second-order valence-corrected chi connectivity index (χ2v) is 17.5. The molecule has 0 saturated carbocycles. The molecular weight excluding hydrogens is 943 g/mol. The number of benzene rings is 2. The number of fused-ring (bicyclic) bond motifs is 2. The lowest BCUT2D eigenvalue weighted by Gasteiger charge is -2.38. The van der Waals surface area contributed by atoms with Gasteiger partial charge in [-0.3, -0.25) is 39.2 Å². The molecule has 0 aliphatic carbocycles. The first-order chi connectivity index (χ1) is 35.1. The smallest absolute Gasteiger partial charge is 0.407 e. The van der Waals surface area contributed by atoms with Crippen molar-refractivity contribution in [3.05, 3.63) is 82.5 Å². The van der Waals surface area contributed by atoms with E-state index in [4.69, 9.17) is 30.9 Å². The number of carbonyl (C=O) groups excluding carboxylic acids is 5. The molecule has 4 aromatic heterocycles. The van der Waals surface area contributed by atoms with Crippen molar-refractivity contribution >= 4 is 69.7 Å². The molecule has 6 heterocycles. The number of anilines is 2. The van der Waals surface area contributed by atoms with E-state index in [1.54, 1.807) is 54.3 Å². The van der Waals surface area contributed by atoms with Crippen LogP contribution in [0.4, 0.5) is 21.5 Å². The number of ether oxygens (including phenoxy) is 2. The molecule has 2 aliphatic rings. The molecule has 2 aliphatic heterocycles. The standard InChI is InChI=1S/C49H57N15O9/c1-6-63-36(23-29(3)56-63)44(67)54-46-52-34-25-32(42(50)65)27-38(72-5)40(34)61(46)14-8-9-15-62-41-35(53-47(62)55-45(68)37-24-30(4)57-64(37)7-2)26-33(43(51)66)28-39(41)73-22-10-11-31-12-16-58(17-13-31)48(69)59-18-20-60(21-19-59)49(70)71/h8-9,23-28,31H,6-7,12-22H2,1-5H3,(H2,50,65)(H2,51,66)(H,70,71)(H,52,54,67)(H,53,55,68)/b9-8+. The van der Waals surface area contributed by atoms with Gasteiger partial charge in [-0.05, 0) is 76.9 Å². The molecule has 0 unspecified atom stereocenters. The van der Waals surface area contributed by atoms with E-state index in [2.05, 4.69) is 32.7 Å². The van der Waals surface area contributed by atoms with E-state index in [0.717, 1.165) is 0 Å². The minimum atomic E-state index is -0.991. The van der Waals surface area contributed by atoms with Crippen LogP contribution < -0.4 is 31.6 Å². The lowest BCUT2D eigenvalue weighted by molar-refractivity contribution is 0.0941. The van der Waals surface area contributed by atoms with E-state index in [9.17, 15) is 33.9 Å². The molecular formula is C49H57N15O9. The van der Waals surface area contributed by atoms with Gasteiger partial charge in [0.15, 0.2) is 0 Å². The molecule has 73 heavy (non-hydrogen) atoms. The summed E-state index contributed by atoms with van der Waals surface area (Å²) in [6.45, 7) is 10.6. The number of piperidine rings is 1. The molecule has 7 amide bonds. The number of piperazine rings is 1. The number of amides is 7. The summed E-state index contributed by atoms with van der Waals surface area (Å²) in [5.41, 5.74) is 15.2. The number of aromatic nitrogens is 8. The van der Waals surface area contributed by atoms with E-state index in [-0.39, 0.29) is 79.3 Å². The number of nitrogens with one attached hydrogen (secondary N) is 2. The molecule has 8 rings (SSSR count). The van der Waals surface area contributed by atoms with Crippen LogP contribution in [0.15, 0.2) is 48.6 Å². The van der Waals surface area contributed by atoms with Gasteiger partial charge in [0.25, 0.3) is 11.8 Å². The highest BCUT2D eigenvalue weighted by Gasteiger charge is 2.30. The molecule has 24 heteroatoms. The quantitative estimate of drug-likeness (QED) is 0.0721. The Morgan fingerprint density at radius 3 is 1.63 bits per heavy atom. The number of aryl methyl sites for hydroxylation is 4. The van der Waals surface area contributed by atoms with Crippen LogP contribution in [0.5, 0.6) is 11.5 Å². The number of methoxy groups -OCH3 is 1. The summed E-state index contributed by atoms with van der Waals surface area (Å²) < 4.78 is 18.6. The fourth-order valence-corrected chi connectivity index (χ4v) is 8.99. The molecule has 2 saturated heterocycles. The Bertz CT molecular complexity index is 3230. The highest BCUT2D eigenvalue weighted by molar-refractivity contribution is 6.05. The summed E-state index contributed by atoms with van der Waals surface area (Å²) in [5, 5.41) is 23.9. The summed E-state index contributed by atoms with van der Waals surface area (Å²) in [5.74, 6) is 4.79. The van der Waals surface area contributed by atoms with Gasteiger partial charge >= 0.3 is 12.1 Å². The van der Waals surface area contributed by atoms with Crippen molar-refractivity contribution in [3.8, 4) is 23.3 Å². The number of nitrogens with two attached hydrogens (primary N) is 2. The average molecular weight is 1000 g/mol. The normalized spacial score (nSPS) is 14.1. The lowest BCUT2D eigenvalue weighted by Crippen LogP contribution is -2.54. The molecule has 382 valence electrons. The maximum atomic E-state index is 13.9. The highest BCUT2D eigenvalue weighted by atomic mass is 16.5. The summed E-state index contributed by atoms with van der Waals surface area (Å²) in [4.78, 5) is 91.4. The lowest BCUT2D eigenvalue weighted by atomic mass is 9.98. The number of primary amides is 2. The number of rotatable bonds is 15. The second kappa shape index (κ2) is 21.6. The number of allylic oxidation sites excluding steroid dienone is 2. The Morgan fingerprint density at radius 2 is 1.16 bits per heavy atom. The number of hydrogen-bond acceptors (Lipinski definition) is 12. The van der Waals surface area contributed by atoms with Crippen molar-refractivity contribution in [2.75, 3.05) is 63.6 Å². The van der Waals surface area contributed by atoms with Crippen LogP contribution in [0, 0.1) is 31.6 Å². The van der Waals surface area contributed by atoms with Crippen LogP contribution in [0.25, 0.3) is 22.1 Å². The van der Waals surface area contributed by atoms with E-state index in [1.165, 1.54) is 36.3 Å². The molecule has 2 aromatic carbocycles. The summed E-state index contributed by atoms with van der Waals surface area (Å²) in [6, 6.07) is 9.26. The molecule has 0 radical (unpaired) electrons. The second-order valence-electron chi connectivity index (χ2n) is 17.5. The molecule has 7 N–H and O–H groups in total. The van der Waals surface area contributed by atoms with Crippen LogP contribution in [0.3, 0.4) is 0 Å². The van der Waals surface area contributed by atoms with Gasteiger partial charge in [-0.1, -0.05) is 24.0 Å². The van der Waals surface area contributed by atoms with E-state index >= 15 is 0 Å². The van der Waals surface area contributed by atoms with E-state index < -0.39 is 29.7 Å². The van der Waals surface area contributed by atoms with Gasteiger partial charge < -0.3 is 49.9 Å². The maximum Gasteiger partial charge on any atom is 0.407 e. The molecule has 0 spiro atoms. The molecule has 0 atom stereocenters. The molecule has 24 nitrogen and oxygen atoms in total. The van der Waals surface area contributed by atoms with Gasteiger partial charge in [0.05, 0.1) is 29.5 Å². The zero-order valence-electron chi connectivity index (χ0n) is 41.2. The topological polar surface area (TPSA) is 298 Å². The van der Waals surface area contributed by atoms with Crippen molar-refractivity contribution in [1.82, 2.24) is 53.4 Å². The van der Waals surface area contributed by atoms with Crippen molar-refractivity contribution < 1.29 is 43.3 Å². The zero-order valence-corrected chi connectivity index (χ0v) is 41.2. The van der Waals surface area contributed by atoms with Crippen LogP contribution in [-0.4, -0.2) is 147 Å². The van der Waals surface area contributed by atoms with Gasteiger partial charge in [-0.15, -0.1) is 0 Å². The number of hydrogen-bond donors (Lipinski definition) is 5. The number of carbonyl (C=O) groups is 6. The van der Waals surface area contributed by atoms with Gasteiger partial charge in [-0.25, -0.2) is 19.6 Å². The summed E-state index contributed by atoms with van der Waals surface area (Å²) in [7, 11) is 1.45. The number of nitrogens with zero attached hydrogens (tertiary/aromatic N) is 11. The minimum Gasteiger partial charge on any atom is -0.494 e. The van der Waals surface area contributed by atoms with Gasteiger partial charge in [0, 0.05) is 82.5 Å². The third kappa shape index (κ3) is 10.9. The van der Waals surface area contributed by atoms with Crippen LogP contribution >= 0.6 is 0 Å². The Kier molecular flexibility index (Phi) is 15.0. The minimum absolute atomic E-state index is 0.0122. The van der Waals surface area contributed by atoms with Crippen molar-refractivity contribution in [1.29, 1.82) is 0 Å². The fraction of sp³-hybridized carbons (Fsp3) is 0.388. The average Bonchev–Trinajstić information content (AvgIpc) is 4.15. The highest BCUT2D eigenvalue weighted by Crippen LogP contribution is 2.33. The van der Waals surface area contributed by atoms with Crippen molar-refractivity contribution in [2.24, 2.45) is 17.4 Å². The molecule has 0 bridgehead atoms. The largest absolute Gasteiger partial charge is 0.494 e. The van der Waals surface area contributed by atoms with Crippen LogP contribution in [0.2, 0.25) is 0 Å². The van der Waals surface area contributed by atoms with Crippen molar-refractivity contribution in [3.63, 3.8) is 0 Å². The monoisotopic (exact) mass is 999 g/mol. The van der Waals surface area contributed by atoms with Crippen LogP contribution in [-0.2, 0) is 26.2 Å². The fourth-order valence-electron chi connectivity index (χ4n) is 8.99. The van der Waals surface area contributed by atoms with E-state index in [0.29, 0.717) is 97.0 Å². The maximum absolute atomic E-state index is 13.9. The number of urea groups is 1. The Labute approximate surface area is 418 Å². The molecule has 2 fully saturated rings. The van der Waals surface area contributed by atoms with E-state index in [1.807, 2.05) is 26.0 Å². The summed E-state index contributed by atoms with van der Waals surface area (Å²) in [6.07, 6.45) is 3.92. The predicted octanol–water partition coefficient (Wildman–Crippen LogP) is 3.91. The third-order valence-corrected chi connectivity index (χ3v) is 12.7. The Morgan fingerprint density at radius 1 is 0.699 bits per heavy atom. The van der Waals surface area contributed by atoms with Gasteiger partial charge in [0.2, 0.25) is 23.7 Å². The zero-order chi connectivity index (χ0) is 52.1. The van der Waals surface area contributed by atoms with Gasteiger partial charge in [0.1, 0.15) is 40.5 Å². The SMILES string of the molecule is CCn1nc(C)cc1C(=O)Nc1nc2cc(C(N)=O)cc(OC)c2n1C/C=C/Cn1c(NC(=O)c2cc(C)nn2CC)nc2cc(C(N)=O)cc(OCC#CC3CCN(C(=O)N4CCN(C(=O)O)CC4)CC3)c21. The van der Waals surface area contributed by atoms with Crippen LogP contribution in [0.1, 0.15) is 79.8 Å². The first-order valence-corrected chi connectivity index (χ1v) is 23.8. The first kappa shape index (κ1) is 50.5. The van der Waals surface area contributed by atoms with Crippen molar-refractivity contribution in [2.45, 2.75) is 66.7 Å². The predicted molar refractivity (Wildman–Crippen MR) is 268 cm³/mol. The Hall–Kier alpha value is -8.88. The third-order valence-electron chi connectivity index (χ3n) is 12.7. The Balaban J connectivity index is 1.08. The molecule has 6 aromatic rings. The number of imidazole rings is 2. The van der Waals surface area contributed by atoms with Gasteiger partial charge in [-0.2, -0.15) is 10.2 Å². The first-order valence-electron chi connectivity index (χ1n) is 23.8.